The van der Waals surface area contributed by atoms with E-state index < -0.39 is 5.79 Å². The SMILES string of the molecule is CCCCC[C@H]1CC[C@H](c2ccc(-c3ccc([C@]4(C)OC[C@@H](CCCCC)CO4)cc3)cc2)CC1. The first-order valence-electron chi connectivity index (χ1n) is 14.6. The van der Waals surface area contributed by atoms with Gasteiger partial charge in [0.2, 0.25) is 0 Å². The van der Waals surface area contributed by atoms with Gasteiger partial charge in [-0.2, -0.15) is 0 Å². The van der Waals surface area contributed by atoms with Gasteiger partial charge < -0.3 is 9.47 Å². The van der Waals surface area contributed by atoms with E-state index in [0.717, 1.165) is 30.6 Å². The maximum Gasteiger partial charge on any atom is 0.191 e. The molecule has 0 N–H and O–H groups in total. The average Bonchev–Trinajstić information content (AvgIpc) is 2.91. The molecule has 0 amide bonds. The molecule has 1 saturated carbocycles. The summed E-state index contributed by atoms with van der Waals surface area (Å²) < 4.78 is 12.5. The predicted octanol–water partition coefficient (Wildman–Crippen LogP) is 9.62. The third kappa shape index (κ3) is 7.20. The van der Waals surface area contributed by atoms with Crippen molar-refractivity contribution in [3.63, 3.8) is 0 Å². The number of ether oxygens (including phenoxy) is 2. The van der Waals surface area contributed by atoms with E-state index >= 15 is 0 Å². The van der Waals surface area contributed by atoms with Crippen LogP contribution in [0.4, 0.5) is 0 Å². The van der Waals surface area contributed by atoms with Crippen LogP contribution in [0.25, 0.3) is 11.1 Å². The van der Waals surface area contributed by atoms with Gasteiger partial charge >= 0.3 is 0 Å². The van der Waals surface area contributed by atoms with Gasteiger partial charge in [-0.1, -0.05) is 107 Å². The van der Waals surface area contributed by atoms with E-state index in [-0.39, 0.29) is 0 Å². The Morgan fingerprint density at radius 3 is 1.71 bits per heavy atom. The van der Waals surface area contributed by atoms with E-state index in [1.165, 1.54) is 93.7 Å². The third-order valence-electron chi connectivity index (χ3n) is 8.59. The molecule has 2 nitrogen and oxygen atoms in total. The summed E-state index contributed by atoms with van der Waals surface area (Å²) in [6.07, 6.45) is 16.2. The van der Waals surface area contributed by atoms with Crippen molar-refractivity contribution in [1.29, 1.82) is 0 Å². The zero-order valence-electron chi connectivity index (χ0n) is 22.6. The van der Waals surface area contributed by atoms with E-state index in [2.05, 4.69) is 69.3 Å². The second kappa shape index (κ2) is 13.1. The van der Waals surface area contributed by atoms with Crippen LogP contribution in [0, 0.1) is 11.8 Å². The number of rotatable bonds is 11. The summed E-state index contributed by atoms with van der Waals surface area (Å²) in [7, 11) is 0. The van der Waals surface area contributed by atoms with Crippen LogP contribution in [0.15, 0.2) is 48.5 Å². The number of unbranched alkanes of at least 4 members (excludes halogenated alkanes) is 4. The van der Waals surface area contributed by atoms with E-state index in [4.69, 9.17) is 9.47 Å². The lowest BCUT2D eigenvalue weighted by molar-refractivity contribution is -0.282. The fraction of sp³-hybridized carbons (Fsp3) is 0.636. The van der Waals surface area contributed by atoms with Crippen LogP contribution < -0.4 is 0 Å². The summed E-state index contributed by atoms with van der Waals surface area (Å²) in [4.78, 5) is 0. The van der Waals surface area contributed by atoms with Gasteiger partial charge in [0.05, 0.1) is 13.2 Å². The van der Waals surface area contributed by atoms with Gasteiger partial charge in [-0.25, -0.2) is 0 Å². The van der Waals surface area contributed by atoms with Crippen molar-refractivity contribution in [1.82, 2.24) is 0 Å². The first kappa shape index (κ1) is 26.4. The van der Waals surface area contributed by atoms with Crippen LogP contribution in [0.5, 0.6) is 0 Å². The summed E-state index contributed by atoms with van der Waals surface area (Å²) in [5, 5.41) is 0. The molecule has 0 spiro atoms. The van der Waals surface area contributed by atoms with Crippen molar-refractivity contribution in [3.05, 3.63) is 59.7 Å². The number of hydrogen-bond acceptors (Lipinski definition) is 2. The lowest BCUT2D eigenvalue weighted by Crippen LogP contribution is -2.39. The molecule has 0 unspecified atom stereocenters. The van der Waals surface area contributed by atoms with Crippen LogP contribution >= 0.6 is 0 Å². The lowest BCUT2D eigenvalue weighted by Gasteiger charge is -2.38. The predicted molar refractivity (Wildman–Crippen MR) is 148 cm³/mol. The van der Waals surface area contributed by atoms with Crippen molar-refractivity contribution in [3.8, 4) is 11.1 Å². The Morgan fingerprint density at radius 2 is 1.17 bits per heavy atom. The molecule has 0 radical (unpaired) electrons. The van der Waals surface area contributed by atoms with Crippen LogP contribution in [0.2, 0.25) is 0 Å². The highest BCUT2D eigenvalue weighted by molar-refractivity contribution is 5.64. The standard InChI is InChI=1S/C33H48O2/c1-4-6-8-10-26-12-14-28(15-13-26)29-16-18-30(19-17-29)31-20-22-32(23-21-31)33(3)34-24-27(25-35-33)11-9-7-5-2/h16-23,26-28H,4-15,24-25H2,1-3H3/t26-,27-,28-,33-. The molecule has 2 fully saturated rings. The molecule has 35 heavy (non-hydrogen) atoms. The van der Waals surface area contributed by atoms with Crippen molar-refractivity contribution >= 4 is 0 Å². The molecule has 0 bridgehead atoms. The minimum atomic E-state index is -0.626. The van der Waals surface area contributed by atoms with Crippen LogP contribution in [-0.4, -0.2) is 13.2 Å². The fourth-order valence-electron chi connectivity index (χ4n) is 6.04. The lowest BCUT2D eigenvalue weighted by atomic mass is 9.77. The molecule has 4 rings (SSSR count). The molecule has 1 aliphatic heterocycles. The molecule has 2 aromatic carbocycles. The second-order valence-electron chi connectivity index (χ2n) is 11.3. The van der Waals surface area contributed by atoms with E-state index in [1.807, 2.05) is 0 Å². The summed E-state index contributed by atoms with van der Waals surface area (Å²) in [6, 6.07) is 18.2. The zero-order valence-corrected chi connectivity index (χ0v) is 22.6. The van der Waals surface area contributed by atoms with Crippen LogP contribution in [0.1, 0.15) is 115 Å². The zero-order chi connectivity index (χ0) is 24.5. The molecular weight excluding hydrogens is 428 g/mol. The maximum absolute atomic E-state index is 6.24. The Hall–Kier alpha value is -1.64. The Morgan fingerprint density at radius 1 is 0.657 bits per heavy atom. The molecular formula is C33H48O2. The molecule has 2 heteroatoms. The van der Waals surface area contributed by atoms with Gasteiger partial charge in [-0.05, 0) is 67.6 Å². The largest absolute Gasteiger partial charge is 0.346 e. The summed E-state index contributed by atoms with van der Waals surface area (Å²) >= 11 is 0. The van der Waals surface area contributed by atoms with Crippen LogP contribution in [0.3, 0.4) is 0 Å². The smallest absolute Gasteiger partial charge is 0.191 e. The highest BCUT2D eigenvalue weighted by atomic mass is 16.7. The Kier molecular flexibility index (Phi) is 9.86. The van der Waals surface area contributed by atoms with Gasteiger partial charge in [0.25, 0.3) is 0 Å². The van der Waals surface area contributed by atoms with Gasteiger partial charge in [-0.15, -0.1) is 0 Å². The minimum Gasteiger partial charge on any atom is -0.346 e. The number of benzene rings is 2. The van der Waals surface area contributed by atoms with E-state index in [1.54, 1.807) is 0 Å². The Labute approximate surface area is 214 Å². The molecule has 192 valence electrons. The van der Waals surface area contributed by atoms with Gasteiger partial charge in [-0.3, -0.25) is 0 Å². The van der Waals surface area contributed by atoms with E-state index in [9.17, 15) is 0 Å². The monoisotopic (exact) mass is 476 g/mol. The first-order chi connectivity index (χ1) is 17.1. The van der Waals surface area contributed by atoms with Gasteiger partial charge in [0, 0.05) is 11.5 Å². The number of hydrogen-bond donors (Lipinski definition) is 0. The fourth-order valence-corrected chi connectivity index (χ4v) is 6.04. The summed E-state index contributed by atoms with van der Waals surface area (Å²) in [5.74, 6) is 1.63. The normalized spacial score (nSPS) is 27.1. The van der Waals surface area contributed by atoms with Crippen LogP contribution in [-0.2, 0) is 15.3 Å². The third-order valence-corrected chi connectivity index (χ3v) is 8.59. The molecule has 1 aliphatic carbocycles. The molecule has 0 aromatic heterocycles. The molecule has 0 atom stereocenters. The van der Waals surface area contributed by atoms with Crippen molar-refractivity contribution < 1.29 is 9.47 Å². The second-order valence-corrected chi connectivity index (χ2v) is 11.3. The average molecular weight is 477 g/mol. The Bertz CT molecular complexity index is 853. The highest BCUT2D eigenvalue weighted by Gasteiger charge is 2.34. The Balaban J connectivity index is 1.29. The molecule has 1 saturated heterocycles. The topological polar surface area (TPSA) is 18.5 Å². The molecule has 1 heterocycles. The van der Waals surface area contributed by atoms with E-state index in [0.29, 0.717) is 5.92 Å². The van der Waals surface area contributed by atoms with Gasteiger partial charge in [0.15, 0.2) is 5.79 Å². The molecule has 2 aromatic rings. The quantitative estimate of drug-likeness (QED) is 0.300. The minimum absolute atomic E-state index is 0.531. The van der Waals surface area contributed by atoms with Crippen molar-refractivity contribution in [2.24, 2.45) is 11.8 Å². The van der Waals surface area contributed by atoms with Crippen molar-refractivity contribution in [2.75, 3.05) is 13.2 Å². The molecule has 2 aliphatic rings. The van der Waals surface area contributed by atoms with Crippen molar-refractivity contribution in [2.45, 2.75) is 110 Å². The first-order valence-corrected chi connectivity index (χ1v) is 14.6. The maximum atomic E-state index is 6.24. The highest BCUT2D eigenvalue weighted by Crippen LogP contribution is 2.39. The van der Waals surface area contributed by atoms with Gasteiger partial charge in [0.1, 0.15) is 0 Å². The summed E-state index contributed by atoms with van der Waals surface area (Å²) in [5.41, 5.74) is 5.19. The summed E-state index contributed by atoms with van der Waals surface area (Å²) in [6.45, 7) is 8.22.